The van der Waals surface area contributed by atoms with E-state index in [-0.39, 0.29) is 18.1 Å². The maximum atomic E-state index is 12.9. The highest BCUT2D eigenvalue weighted by molar-refractivity contribution is 5.92. The molecule has 1 amide bonds. The Morgan fingerprint density at radius 1 is 1.29 bits per heavy atom. The van der Waals surface area contributed by atoms with Gasteiger partial charge in [-0.25, -0.2) is 0 Å². The van der Waals surface area contributed by atoms with Crippen molar-refractivity contribution in [1.29, 1.82) is 0 Å². The van der Waals surface area contributed by atoms with Crippen molar-refractivity contribution in [1.82, 2.24) is 9.88 Å². The van der Waals surface area contributed by atoms with E-state index in [0.717, 1.165) is 12.0 Å². The van der Waals surface area contributed by atoms with Crippen molar-refractivity contribution < 1.29 is 9.53 Å². The van der Waals surface area contributed by atoms with E-state index in [4.69, 9.17) is 4.74 Å². The van der Waals surface area contributed by atoms with E-state index >= 15 is 0 Å². The lowest BCUT2D eigenvalue weighted by atomic mass is 10.1. The number of aromatic nitrogens is 1. The highest BCUT2D eigenvalue weighted by Crippen LogP contribution is 2.48. The van der Waals surface area contributed by atoms with Gasteiger partial charge in [-0.3, -0.25) is 9.78 Å². The van der Waals surface area contributed by atoms with Crippen LogP contribution in [0.3, 0.4) is 0 Å². The summed E-state index contributed by atoms with van der Waals surface area (Å²) in [6.45, 7) is 3.92. The van der Waals surface area contributed by atoms with E-state index in [1.807, 2.05) is 43.0 Å². The van der Waals surface area contributed by atoms with E-state index in [1.165, 1.54) is 11.1 Å². The van der Waals surface area contributed by atoms with Gasteiger partial charge in [-0.05, 0) is 42.7 Å². The first kappa shape index (κ1) is 15.1. The van der Waals surface area contributed by atoms with Crippen molar-refractivity contribution in [2.24, 2.45) is 0 Å². The number of hydrogen-bond acceptors (Lipinski definition) is 3. The first-order chi connectivity index (χ1) is 11.6. The van der Waals surface area contributed by atoms with Crippen LogP contribution >= 0.6 is 0 Å². The molecule has 0 saturated carbocycles. The summed E-state index contributed by atoms with van der Waals surface area (Å²) in [6, 6.07) is 12.1. The molecule has 4 heteroatoms. The minimum atomic E-state index is -0.612. The second kappa shape index (κ2) is 5.56. The molecule has 4 rings (SSSR count). The molecule has 0 spiro atoms. The van der Waals surface area contributed by atoms with Gasteiger partial charge in [-0.1, -0.05) is 30.3 Å². The fourth-order valence-electron chi connectivity index (χ4n) is 3.84. The number of rotatable bonds is 2. The zero-order chi connectivity index (χ0) is 16.7. The minimum Gasteiger partial charge on any atom is -0.350 e. The van der Waals surface area contributed by atoms with Crippen molar-refractivity contribution in [2.75, 3.05) is 0 Å². The van der Waals surface area contributed by atoms with Crippen molar-refractivity contribution in [3.8, 4) is 0 Å². The maximum Gasteiger partial charge on any atom is 0.249 e. The lowest BCUT2D eigenvalue weighted by Crippen LogP contribution is -2.44. The van der Waals surface area contributed by atoms with Gasteiger partial charge in [-0.15, -0.1) is 0 Å². The summed E-state index contributed by atoms with van der Waals surface area (Å²) >= 11 is 0. The molecule has 2 aromatic rings. The SMILES string of the molecule is CC1(C)O[C@@H]2Cc3ccccc3[C@@H]2N1C(=O)/C=C/c1cccnc1. The fraction of sp³-hybridized carbons (Fsp3) is 0.300. The molecular formula is C20H20N2O2. The third-order valence-corrected chi connectivity index (χ3v) is 4.79. The lowest BCUT2D eigenvalue weighted by molar-refractivity contribution is -0.142. The summed E-state index contributed by atoms with van der Waals surface area (Å²) in [4.78, 5) is 18.9. The highest BCUT2D eigenvalue weighted by Gasteiger charge is 2.52. The Bertz CT molecular complexity index is 798. The Hall–Kier alpha value is -2.46. The second-order valence-electron chi connectivity index (χ2n) is 6.78. The van der Waals surface area contributed by atoms with Crippen LogP contribution in [0.2, 0.25) is 0 Å². The predicted molar refractivity (Wildman–Crippen MR) is 92.0 cm³/mol. The van der Waals surface area contributed by atoms with E-state index in [2.05, 4.69) is 17.1 Å². The number of benzene rings is 1. The smallest absolute Gasteiger partial charge is 0.249 e. The van der Waals surface area contributed by atoms with Crippen molar-refractivity contribution in [3.63, 3.8) is 0 Å². The van der Waals surface area contributed by atoms with Crippen LogP contribution in [0.5, 0.6) is 0 Å². The first-order valence-electron chi connectivity index (χ1n) is 8.23. The van der Waals surface area contributed by atoms with Crippen LogP contribution in [0.15, 0.2) is 54.9 Å². The van der Waals surface area contributed by atoms with Gasteiger partial charge in [0.15, 0.2) is 0 Å². The normalized spacial score (nSPS) is 24.2. The van der Waals surface area contributed by atoms with Crippen LogP contribution < -0.4 is 0 Å². The molecule has 1 fully saturated rings. The van der Waals surface area contributed by atoms with Crippen molar-refractivity contribution in [2.45, 2.75) is 38.1 Å². The molecule has 0 bridgehead atoms. The van der Waals surface area contributed by atoms with Gasteiger partial charge < -0.3 is 9.64 Å². The maximum absolute atomic E-state index is 12.9. The number of nitrogens with zero attached hydrogens (tertiary/aromatic N) is 2. The fourth-order valence-corrected chi connectivity index (χ4v) is 3.84. The molecule has 24 heavy (non-hydrogen) atoms. The highest BCUT2D eigenvalue weighted by atomic mass is 16.5. The van der Waals surface area contributed by atoms with Crippen LogP contribution in [0.4, 0.5) is 0 Å². The van der Waals surface area contributed by atoms with Gasteiger partial charge >= 0.3 is 0 Å². The van der Waals surface area contributed by atoms with E-state index < -0.39 is 5.72 Å². The lowest BCUT2D eigenvalue weighted by Gasteiger charge is -2.33. The number of ether oxygens (including phenoxy) is 1. The van der Waals surface area contributed by atoms with E-state index in [0.29, 0.717) is 0 Å². The Labute approximate surface area is 141 Å². The Kier molecular flexibility index (Phi) is 3.50. The summed E-state index contributed by atoms with van der Waals surface area (Å²) < 4.78 is 6.20. The zero-order valence-electron chi connectivity index (χ0n) is 13.8. The molecule has 122 valence electrons. The molecule has 0 N–H and O–H groups in total. The van der Waals surface area contributed by atoms with E-state index in [1.54, 1.807) is 24.5 Å². The summed E-state index contributed by atoms with van der Waals surface area (Å²) in [5, 5.41) is 0. The van der Waals surface area contributed by atoms with Crippen LogP contribution in [0, 0.1) is 0 Å². The zero-order valence-corrected chi connectivity index (χ0v) is 13.8. The van der Waals surface area contributed by atoms with Crippen molar-refractivity contribution >= 4 is 12.0 Å². The molecule has 1 saturated heterocycles. The molecule has 1 aromatic carbocycles. The van der Waals surface area contributed by atoms with Gasteiger partial charge in [0.25, 0.3) is 0 Å². The molecule has 2 atom stereocenters. The second-order valence-corrected chi connectivity index (χ2v) is 6.78. The third-order valence-electron chi connectivity index (χ3n) is 4.79. The molecule has 0 unspecified atom stereocenters. The van der Waals surface area contributed by atoms with Gasteiger partial charge in [0.05, 0.1) is 12.1 Å². The molecule has 2 heterocycles. The number of amides is 1. The Morgan fingerprint density at radius 2 is 2.12 bits per heavy atom. The molecule has 1 aliphatic carbocycles. The topological polar surface area (TPSA) is 42.4 Å². The Morgan fingerprint density at radius 3 is 2.92 bits per heavy atom. The third kappa shape index (κ3) is 2.43. The Balaban J connectivity index is 1.65. The standard InChI is InChI=1S/C20H20N2O2/c1-20(2)22(18(23)10-9-14-6-5-11-21-13-14)19-16-8-4-3-7-15(16)12-17(19)24-20/h3-11,13,17,19H,12H2,1-2H3/b10-9+/t17-,19+/m1/s1. The summed E-state index contributed by atoms with van der Waals surface area (Å²) in [5.74, 6) is -0.0342. The van der Waals surface area contributed by atoms with Crippen LogP contribution in [-0.2, 0) is 16.0 Å². The average molecular weight is 320 g/mol. The molecule has 1 aliphatic heterocycles. The van der Waals surface area contributed by atoms with Crippen LogP contribution in [0.1, 0.15) is 36.6 Å². The predicted octanol–water partition coefficient (Wildman–Crippen LogP) is 3.36. The monoisotopic (exact) mass is 320 g/mol. The molecule has 1 aromatic heterocycles. The van der Waals surface area contributed by atoms with Gasteiger partial charge in [0, 0.05) is 24.9 Å². The number of carbonyl (C=O) groups excluding carboxylic acids is 1. The summed E-state index contributed by atoms with van der Waals surface area (Å²) in [5.41, 5.74) is 2.78. The first-order valence-corrected chi connectivity index (χ1v) is 8.23. The number of fused-ring (bicyclic) bond motifs is 3. The van der Waals surface area contributed by atoms with Gasteiger partial charge in [0.1, 0.15) is 5.72 Å². The van der Waals surface area contributed by atoms with E-state index in [9.17, 15) is 4.79 Å². The number of carbonyl (C=O) groups is 1. The summed E-state index contributed by atoms with van der Waals surface area (Å²) in [6.07, 6.45) is 7.78. The van der Waals surface area contributed by atoms with Crippen molar-refractivity contribution in [3.05, 3.63) is 71.6 Å². The quantitative estimate of drug-likeness (QED) is 0.797. The van der Waals surface area contributed by atoms with Crippen LogP contribution in [-0.4, -0.2) is 27.6 Å². The van der Waals surface area contributed by atoms with Gasteiger partial charge in [0.2, 0.25) is 5.91 Å². The largest absolute Gasteiger partial charge is 0.350 e. The molecule has 0 radical (unpaired) electrons. The minimum absolute atomic E-state index is 0.0118. The number of hydrogen-bond donors (Lipinski definition) is 0. The number of pyridine rings is 1. The summed E-state index contributed by atoms with van der Waals surface area (Å²) in [7, 11) is 0. The van der Waals surface area contributed by atoms with Crippen LogP contribution in [0.25, 0.3) is 6.08 Å². The van der Waals surface area contributed by atoms with Gasteiger partial charge in [-0.2, -0.15) is 0 Å². The average Bonchev–Trinajstić information content (AvgIpc) is 3.04. The molecular weight excluding hydrogens is 300 g/mol. The molecule has 4 nitrogen and oxygen atoms in total. The molecule has 2 aliphatic rings.